The Labute approximate surface area is 212 Å². The number of likely N-dealkylation sites (tertiary alicyclic amines) is 1. The topological polar surface area (TPSA) is 152 Å². The number of benzene rings is 2. The number of aliphatic hydroxyl groups is 1. The maximum absolute atomic E-state index is 12.6. The van der Waals surface area contributed by atoms with E-state index in [9.17, 15) is 9.59 Å². The molecule has 0 aromatic heterocycles. The largest absolute Gasteiger partial charge is 0.491 e. The van der Waals surface area contributed by atoms with Crippen LogP contribution in [0.4, 0.5) is 5.69 Å². The molecule has 3 rings (SSSR count). The first-order valence-electron chi connectivity index (χ1n) is 11.8. The fourth-order valence-corrected chi connectivity index (χ4v) is 3.44. The minimum Gasteiger partial charge on any atom is -0.491 e. The highest BCUT2D eigenvalue weighted by atomic mass is 16.5. The van der Waals surface area contributed by atoms with Crippen LogP contribution in [-0.2, 0) is 9.53 Å². The molecule has 9 heteroatoms. The Bertz CT molecular complexity index is 1070. The van der Waals surface area contributed by atoms with E-state index in [1.807, 2.05) is 4.90 Å². The van der Waals surface area contributed by atoms with Crippen LogP contribution < -0.4 is 16.2 Å². The molecule has 9 nitrogen and oxygen atoms in total. The van der Waals surface area contributed by atoms with Crippen molar-refractivity contribution in [1.29, 1.82) is 5.41 Å². The number of nitrogens with zero attached hydrogens (tertiary/aromatic N) is 1. The number of nitrogens with two attached hydrogens (primary N) is 2. The lowest BCUT2D eigenvalue weighted by Crippen LogP contribution is -2.27. The van der Waals surface area contributed by atoms with Crippen LogP contribution in [0.3, 0.4) is 0 Å². The molecule has 0 radical (unpaired) electrons. The summed E-state index contributed by atoms with van der Waals surface area (Å²) in [4.78, 5) is 26.9. The number of amides is 1. The second kappa shape index (κ2) is 14.0. The highest BCUT2D eigenvalue weighted by molar-refractivity contribution is 6.50. The van der Waals surface area contributed by atoms with Gasteiger partial charge in [-0.05, 0) is 56.5 Å². The number of nitrogen functional groups attached to an aromatic ring is 1. The predicted molar refractivity (Wildman–Crippen MR) is 141 cm³/mol. The number of carbonyl (C=O) groups is 2. The summed E-state index contributed by atoms with van der Waals surface area (Å²) >= 11 is 0. The maximum atomic E-state index is 12.6. The maximum Gasteiger partial charge on any atom is 0.253 e. The molecular weight excluding hydrogens is 460 g/mol. The fraction of sp³-hybridized carbons (Fsp3) is 0.370. The van der Waals surface area contributed by atoms with Gasteiger partial charge in [-0.15, -0.1) is 0 Å². The third-order valence-corrected chi connectivity index (χ3v) is 5.24. The summed E-state index contributed by atoms with van der Waals surface area (Å²) in [7, 11) is 1.58. The van der Waals surface area contributed by atoms with Crippen LogP contribution in [0.15, 0.2) is 48.5 Å². The molecule has 194 valence electrons. The van der Waals surface area contributed by atoms with Gasteiger partial charge in [0.25, 0.3) is 5.91 Å². The third-order valence-electron chi connectivity index (χ3n) is 5.24. The average Bonchev–Trinajstić information content (AvgIpc) is 3.38. The Hall–Kier alpha value is -3.69. The highest BCUT2D eigenvalue weighted by Crippen LogP contribution is 2.21. The number of aliphatic hydroxyl groups excluding tert-OH is 1. The van der Waals surface area contributed by atoms with Gasteiger partial charge >= 0.3 is 0 Å². The van der Waals surface area contributed by atoms with E-state index in [0.717, 1.165) is 25.9 Å². The normalized spacial score (nSPS) is 13.2. The number of methoxy groups -OCH3 is 1. The number of nitrogens with one attached hydrogen (secondary N) is 1. The molecular formula is C27H36N4O5. The lowest BCUT2D eigenvalue weighted by Gasteiger charge is -2.15. The van der Waals surface area contributed by atoms with Crippen molar-refractivity contribution in [2.45, 2.75) is 32.8 Å². The number of hydrogen-bond donors (Lipinski definition) is 4. The number of ether oxygens (including phenoxy) is 2. The van der Waals surface area contributed by atoms with Crippen molar-refractivity contribution in [1.82, 2.24) is 4.90 Å². The monoisotopic (exact) mass is 496 g/mol. The average molecular weight is 497 g/mol. The van der Waals surface area contributed by atoms with Gasteiger partial charge in [-0.3, -0.25) is 15.0 Å². The molecule has 1 aliphatic rings. The molecule has 1 aliphatic heterocycles. The standard InChI is InChI=1S/C24H28N4O4.C3H8O/c1-31-12-13-32-18-8-9-19(21(26)14-18)23(27)22(29)15-20(25)16-4-6-17(7-5-16)24(30)28-10-2-3-11-28;1-3(2)4/h4-9,14-15,27H,2-3,10-13,25-26H2,1H3;3-4H,1-2H3/b20-15-,27-23?;. The molecule has 0 spiro atoms. The Morgan fingerprint density at radius 3 is 2.22 bits per heavy atom. The van der Waals surface area contributed by atoms with Crippen LogP contribution in [0.5, 0.6) is 5.75 Å². The van der Waals surface area contributed by atoms with E-state index < -0.39 is 5.78 Å². The second-order valence-electron chi connectivity index (χ2n) is 8.60. The van der Waals surface area contributed by atoms with Gasteiger partial charge in [0.05, 0.1) is 6.61 Å². The quantitative estimate of drug-likeness (QED) is 0.180. The van der Waals surface area contributed by atoms with E-state index in [1.165, 1.54) is 6.08 Å². The molecule has 2 aromatic carbocycles. The Morgan fingerprint density at radius 2 is 1.67 bits per heavy atom. The Balaban J connectivity index is 0.00000106. The van der Waals surface area contributed by atoms with Crippen molar-refractivity contribution in [2.24, 2.45) is 5.73 Å². The minimum absolute atomic E-state index is 0.000392. The third kappa shape index (κ3) is 8.51. The number of rotatable bonds is 9. The summed E-state index contributed by atoms with van der Waals surface area (Å²) < 4.78 is 10.4. The first-order valence-corrected chi connectivity index (χ1v) is 11.8. The summed E-state index contributed by atoms with van der Waals surface area (Å²) in [6, 6.07) is 11.6. The Morgan fingerprint density at radius 1 is 1.08 bits per heavy atom. The van der Waals surface area contributed by atoms with Crippen LogP contribution in [-0.4, -0.2) is 66.9 Å². The van der Waals surface area contributed by atoms with Gasteiger partial charge in [-0.2, -0.15) is 0 Å². The van der Waals surface area contributed by atoms with Crippen molar-refractivity contribution >= 4 is 28.8 Å². The fourth-order valence-electron chi connectivity index (χ4n) is 3.44. The van der Waals surface area contributed by atoms with Crippen molar-refractivity contribution < 1.29 is 24.2 Å². The first kappa shape index (κ1) is 28.5. The molecule has 1 saturated heterocycles. The van der Waals surface area contributed by atoms with E-state index in [0.29, 0.717) is 35.7 Å². The zero-order valence-corrected chi connectivity index (χ0v) is 21.1. The number of carbonyl (C=O) groups excluding carboxylic acids is 2. The van der Waals surface area contributed by atoms with E-state index in [-0.39, 0.29) is 29.1 Å². The molecule has 0 saturated carbocycles. The molecule has 1 amide bonds. The predicted octanol–water partition coefficient (Wildman–Crippen LogP) is 2.85. The van der Waals surface area contributed by atoms with Gasteiger partial charge in [0.15, 0.2) is 0 Å². The molecule has 2 aromatic rings. The summed E-state index contributed by atoms with van der Waals surface area (Å²) in [6.45, 7) is 5.81. The summed E-state index contributed by atoms with van der Waals surface area (Å²) in [6.07, 6.45) is 3.09. The van der Waals surface area contributed by atoms with E-state index >= 15 is 0 Å². The van der Waals surface area contributed by atoms with E-state index in [2.05, 4.69) is 0 Å². The van der Waals surface area contributed by atoms with Crippen molar-refractivity contribution in [3.8, 4) is 5.75 Å². The van der Waals surface area contributed by atoms with Crippen LogP contribution in [0.1, 0.15) is 48.2 Å². The summed E-state index contributed by atoms with van der Waals surface area (Å²) in [5.41, 5.74) is 13.8. The molecule has 0 aliphatic carbocycles. The smallest absolute Gasteiger partial charge is 0.253 e. The van der Waals surface area contributed by atoms with Crippen LogP contribution in [0.25, 0.3) is 5.70 Å². The Kier molecular flexibility index (Phi) is 11.1. The van der Waals surface area contributed by atoms with E-state index in [4.69, 9.17) is 31.5 Å². The molecule has 0 unspecified atom stereocenters. The van der Waals surface area contributed by atoms with Gasteiger partial charge in [0.2, 0.25) is 5.78 Å². The van der Waals surface area contributed by atoms with Gasteiger partial charge < -0.3 is 30.9 Å². The molecule has 1 fully saturated rings. The van der Waals surface area contributed by atoms with Gasteiger partial charge in [0, 0.05) is 61.0 Å². The summed E-state index contributed by atoms with van der Waals surface area (Å²) in [5, 5.41) is 16.3. The van der Waals surface area contributed by atoms with Crippen molar-refractivity contribution in [3.05, 3.63) is 65.2 Å². The van der Waals surface area contributed by atoms with Crippen LogP contribution in [0, 0.1) is 5.41 Å². The molecule has 0 bridgehead atoms. The number of hydrogen-bond acceptors (Lipinski definition) is 8. The SMILES string of the molecule is CC(C)O.COCCOc1ccc(C(=N)C(=O)/C=C(\N)c2ccc(C(=O)N3CCCC3)cc2)c(N)c1. The molecule has 6 N–H and O–H groups in total. The second-order valence-corrected chi connectivity index (χ2v) is 8.60. The number of anilines is 1. The highest BCUT2D eigenvalue weighted by Gasteiger charge is 2.19. The van der Waals surface area contributed by atoms with Crippen molar-refractivity contribution in [2.75, 3.05) is 39.1 Å². The molecule has 36 heavy (non-hydrogen) atoms. The lowest BCUT2D eigenvalue weighted by atomic mass is 10.0. The van der Waals surface area contributed by atoms with Gasteiger partial charge in [-0.25, -0.2) is 0 Å². The van der Waals surface area contributed by atoms with Crippen LogP contribution in [0.2, 0.25) is 0 Å². The zero-order chi connectivity index (χ0) is 26.7. The summed E-state index contributed by atoms with van der Waals surface area (Å²) in [5.74, 6) is -0.0405. The van der Waals surface area contributed by atoms with Crippen molar-refractivity contribution in [3.63, 3.8) is 0 Å². The lowest BCUT2D eigenvalue weighted by molar-refractivity contribution is -0.108. The number of allylic oxidation sites excluding steroid dienone is 1. The van der Waals surface area contributed by atoms with Crippen LogP contribution >= 0.6 is 0 Å². The van der Waals surface area contributed by atoms with Gasteiger partial charge in [0.1, 0.15) is 18.1 Å². The molecule has 0 atom stereocenters. The van der Waals surface area contributed by atoms with E-state index in [1.54, 1.807) is 63.4 Å². The molecule has 1 heterocycles. The van der Waals surface area contributed by atoms with Gasteiger partial charge in [-0.1, -0.05) is 12.1 Å². The number of ketones is 1. The first-order chi connectivity index (χ1) is 17.1. The minimum atomic E-state index is -0.570. The zero-order valence-electron chi connectivity index (χ0n) is 21.1.